The lowest BCUT2D eigenvalue weighted by Gasteiger charge is -2.13. The third-order valence-electron chi connectivity index (χ3n) is 3.98. The average molecular weight is 373 g/mol. The fraction of sp³-hybridized carbons (Fsp3) is 0.211. The van der Waals surface area contributed by atoms with Gasteiger partial charge in [-0.3, -0.25) is 9.59 Å². The molecule has 0 saturated heterocycles. The van der Waals surface area contributed by atoms with Gasteiger partial charge in [-0.25, -0.2) is 9.69 Å². The highest BCUT2D eigenvalue weighted by Crippen LogP contribution is 2.30. The van der Waals surface area contributed by atoms with Crippen molar-refractivity contribution in [3.8, 4) is 0 Å². The van der Waals surface area contributed by atoms with Gasteiger partial charge in [0.25, 0.3) is 11.8 Å². The number of amides is 2. The number of anilines is 1. The van der Waals surface area contributed by atoms with Gasteiger partial charge in [0.15, 0.2) is 0 Å². The van der Waals surface area contributed by atoms with E-state index >= 15 is 0 Å². The number of esters is 1. The lowest BCUT2D eigenvalue weighted by Crippen LogP contribution is -2.29. The summed E-state index contributed by atoms with van der Waals surface area (Å²) in [6.45, 7) is 0.838. The van der Waals surface area contributed by atoms with Crippen LogP contribution < -0.4 is 4.90 Å². The number of ether oxygens (including phenoxy) is 1. The number of nitrogens with zero attached hydrogens (tertiary/aromatic N) is 2. The van der Waals surface area contributed by atoms with E-state index in [9.17, 15) is 14.4 Å². The molecule has 0 aliphatic carbocycles. The molecule has 2 aromatic carbocycles. The van der Waals surface area contributed by atoms with E-state index < -0.39 is 17.8 Å². The lowest BCUT2D eigenvalue weighted by atomic mass is 10.1. The van der Waals surface area contributed by atoms with Crippen molar-refractivity contribution in [3.05, 3.63) is 64.2 Å². The second-order valence-electron chi connectivity index (χ2n) is 6.12. The normalized spacial score (nSPS) is 13.3. The number of rotatable bonds is 5. The first-order chi connectivity index (χ1) is 12.4. The van der Waals surface area contributed by atoms with E-state index in [2.05, 4.69) is 0 Å². The van der Waals surface area contributed by atoms with Gasteiger partial charge >= 0.3 is 5.97 Å². The van der Waals surface area contributed by atoms with E-state index in [0.29, 0.717) is 17.3 Å². The first-order valence-electron chi connectivity index (χ1n) is 7.99. The van der Waals surface area contributed by atoms with Crippen LogP contribution in [0.5, 0.6) is 0 Å². The minimum atomic E-state index is -0.528. The standard InChI is InChI=1S/C19H17ClN2O4/c1-21(2)9-10-26-19(25)12-3-8-15-16(11-12)18(24)22(17(15)23)14-6-4-13(20)5-7-14/h3-8,11H,9-10H2,1-2H3. The summed E-state index contributed by atoms with van der Waals surface area (Å²) in [6, 6.07) is 10.8. The molecular formula is C19H17ClN2O4. The molecule has 0 N–H and O–H groups in total. The van der Waals surface area contributed by atoms with Crippen molar-refractivity contribution in [1.82, 2.24) is 4.90 Å². The van der Waals surface area contributed by atoms with Crippen molar-refractivity contribution in [2.45, 2.75) is 0 Å². The number of likely N-dealkylation sites (N-methyl/N-ethyl adjacent to an activating group) is 1. The van der Waals surface area contributed by atoms with Crippen molar-refractivity contribution >= 4 is 35.1 Å². The predicted octanol–water partition coefficient (Wildman–Crippen LogP) is 2.86. The van der Waals surface area contributed by atoms with Crippen LogP contribution >= 0.6 is 11.6 Å². The molecule has 6 nitrogen and oxygen atoms in total. The second-order valence-corrected chi connectivity index (χ2v) is 6.56. The first-order valence-corrected chi connectivity index (χ1v) is 8.36. The van der Waals surface area contributed by atoms with Crippen molar-refractivity contribution < 1.29 is 19.1 Å². The number of imide groups is 1. The van der Waals surface area contributed by atoms with Crippen LogP contribution in [0.4, 0.5) is 5.69 Å². The van der Waals surface area contributed by atoms with Crippen LogP contribution in [-0.4, -0.2) is 49.9 Å². The second kappa shape index (κ2) is 7.27. The zero-order valence-corrected chi connectivity index (χ0v) is 15.1. The summed E-state index contributed by atoms with van der Waals surface area (Å²) >= 11 is 5.85. The summed E-state index contributed by atoms with van der Waals surface area (Å²) in [5, 5.41) is 0.508. The SMILES string of the molecule is CN(C)CCOC(=O)c1ccc2c(c1)C(=O)N(c1ccc(Cl)cc1)C2=O. The monoisotopic (exact) mass is 372 g/mol. The maximum absolute atomic E-state index is 12.7. The highest BCUT2D eigenvalue weighted by Gasteiger charge is 2.37. The Bertz CT molecular complexity index is 878. The Hall–Kier alpha value is -2.70. The highest BCUT2D eigenvalue weighted by atomic mass is 35.5. The molecule has 1 aliphatic rings. The van der Waals surface area contributed by atoms with Crippen LogP contribution in [0.3, 0.4) is 0 Å². The van der Waals surface area contributed by atoms with Gasteiger partial charge in [0.05, 0.1) is 22.4 Å². The molecule has 2 aromatic rings. The molecule has 0 unspecified atom stereocenters. The van der Waals surface area contributed by atoms with Crippen LogP contribution in [0, 0.1) is 0 Å². The molecule has 7 heteroatoms. The Kier molecular flexibility index (Phi) is 5.06. The van der Waals surface area contributed by atoms with Gasteiger partial charge < -0.3 is 9.64 Å². The predicted molar refractivity (Wildman–Crippen MR) is 97.9 cm³/mol. The van der Waals surface area contributed by atoms with E-state index in [0.717, 1.165) is 4.90 Å². The Morgan fingerprint density at radius 3 is 2.35 bits per heavy atom. The Labute approximate surface area is 155 Å². The van der Waals surface area contributed by atoms with Gasteiger partial charge in [0.2, 0.25) is 0 Å². The van der Waals surface area contributed by atoms with E-state index in [1.807, 2.05) is 19.0 Å². The van der Waals surface area contributed by atoms with Gasteiger partial charge in [-0.15, -0.1) is 0 Å². The first kappa shape index (κ1) is 18.1. The maximum atomic E-state index is 12.7. The summed E-state index contributed by atoms with van der Waals surface area (Å²) in [4.78, 5) is 40.4. The van der Waals surface area contributed by atoms with Crippen molar-refractivity contribution in [3.63, 3.8) is 0 Å². The van der Waals surface area contributed by atoms with Crippen LogP contribution in [0.1, 0.15) is 31.1 Å². The summed E-state index contributed by atoms with van der Waals surface area (Å²) in [5.74, 6) is -1.44. The third-order valence-corrected chi connectivity index (χ3v) is 4.23. The Balaban J connectivity index is 1.83. The number of hydrogen-bond donors (Lipinski definition) is 0. The van der Waals surface area contributed by atoms with Gasteiger partial charge in [0, 0.05) is 11.6 Å². The summed E-state index contributed by atoms with van der Waals surface area (Å²) in [5.41, 5.74) is 1.11. The number of carbonyl (C=O) groups is 3. The molecule has 26 heavy (non-hydrogen) atoms. The number of carbonyl (C=O) groups excluding carboxylic acids is 3. The minimum absolute atomic E-state index is 0.187. The largest absolute Gasteiger partial charge is 0.461 e. The molecule has 3 rings (SSSR count). The number of benzene rings is 2. The Morgan fingerprint density at radius 2 is 1.69 bits per heavy atom. The Morgan fingerprint density at radius 1 is 1.04 bits per heavy atom. The van der Waals surface area contributed by atoms with Crippen molar-refractivity contribution in [1.29, 1.82) is 0 Å². The van der Waals surface area contributed by atoms with Crippen LogP contribution in [0.2, 0.25) is 5.02 Å². The smallest absolute Gasteiger partial charge is 0.338 e. The minimum Gasteiger partial charge on any atom is -0.461 e. The molecule has 0 spiro atoms. The fourth-order valence-electron chi connectivity index (χ4n) is 2.60. The van der Waals surface area contributed by atoms with Crippen LogP contribution in [-0.2, 0) is 4.74 Å². The molecule has 0 atom stereocenters. The summed E-state index contributed by atoms with van der Waals surface area (Å²) in [7, 11) is 3.75. The summed E-state index contributed by atoms with van der Waals surface area (Å²) < 4.78 is 5.18. The van der Waals surface area contributed by atoms with Gasteiger partial charge in [-0.2, -0.15) is 0 Å². The van der Waals surface area contributed by atoms with Crippen LogP contribution in [0.15, 0.2) is 42.5 Å². The molecule has 0 saturated carbocycles. The van der Waals surface area contributed by atoms with E-state index in [1.54, 1.807) is 24.3 Å². The highest BCUT2D eigenvalue weighted by molar-refractivity contribution is 6.35. The van der Waals surface area contributed by atoms with E-state index in [-0.39, 0.29) is 23.3 Å². The maximum Gasteiger partial charge on any atom is 0.338 e. The molecule has 134 valence electrons. The van der Waals surface area contributed by atoms with E-state index in [4.69, 9.17) is 16.3 Å². The molecule has 1 heterocycles. The van der Waals surface area contributed by atoms with Crippen LogP contribution in [0.25, 0.3) is 0 Å². The third kappa shape index (κ3) is 3.47. The van der Waals surface area contributed by atoms with Crippen molar-refractivity contribution in [2.24, 2.45) is 0 Å². The molecule has 0 bridgehead atoms. The topological polar surface area (TPSA) is 66.9 Å². The molecule has 1 aliphatic heterocycles. The molecule has 2 amide bonds. The lowest BCUT2D eigenvalue weighted by molar-refractivity contribution is 0.0481. The zero-order valence-electron chi connectivity index (χ0n) is 14.4. The van der Waals surface area contributed by atoms with Gasteiger partial charge in [0.1, 0.15) is 6.61 Å². The number of halogens is 1. The van der Waals surface area contributed by atoms with Gasteiger partial charge in [-0.1, -0.05) is 11.6 Å². The van der Waals surface area contributed by atoms with Crippen molar-refractivity contribution in [2.75, 3.05) is 32.1 Å². The molecule has 0 fully saturated rings. The summed E-state index contributed by atoms with van der Waals surface area (Å²) in [6.07, 6.45) is 0. The number of hydrogen-bond acceptors (Lipinski definition) is 5. The van der Waals surface area contributed by atoms with Gasteiger partial charge in [-0.05, 0) is 56.6 Å². The molecule has 0 aromatic heterocycles. The number of fused-ring (bicyclic) bond motifs is 1. The average Bonchev–Trinajstić information content (AvgIpc) is 2.86. The molecule has 0 radical (unpaired) electrons. The zero-order chi connectivity index (χ0) is 18.8. The molecular weight excluding hydrogens is 356 g/mol. The van der Waals surface area contributed by atoms with E-state index in [1.165, 1.54) is 18.2 Å². The fourth-order valence-corrected chi connectivity index (χ4v) is 2.72. The quantitative estimate of drug-likeness (QED) is 0.596.